The molecule has 4 nitrogen and oxygen atoms in total. The summed E-state index contributed by atoms with van der Waals surface area (Å²) < 4.78 is 0. The Labute approximate surface area is 109 Å². The minimum atomic E-state index is -0.442. The van der Waals surface area contributed by atoms with E-state index in [0.29, 0.717) is 17.3 Å². The normalized spacial score (nSPS) is 11.2. The second kappa shape index (κ2) is 6.40. The van der Waals surface area contributed by atoms with Gasteiger partial charge in [-0.05, 0) is 44.5 Å². The first-order valence-electron chi connectivity index (χ1n) is 6.38. The molecule has 0 saturated heterocycles. The number of anilines is 1. The molecule has 0 spiro atoms. The minimum Gasteiger partial charge on any atom is -0.398 e. The van der Waals surface area contributed by atoms with Crippen LogP contribution in [0.3, 0.4) is 0 Å². The Bertz CT molecular complexity index is 416. The summed E-state index contributed by atoms with van der Waals surface area (Å²) in [5, 5.41) is 0. The molecule has 1 rings (SSSR count). The van der Waals surface area contributed by atoms with Gasteiger partial charge in [-0.2, -0.15) is 0 Å². The van der Waals surface area contributed by atoms with Crippen molar-refractivity contribution in [3.63, 3.8) is 0 Å². The molecule has 4 heteroatoms. The van der Waals surface area contributed by atoms with Crippen LogP contribution in [0, 0.1) is 0 Å². The van der Waals surface area contributed by atoms with E-state index in [-0.39, 0.29) is 0 Å². The number of rotatable bonds is 6. The van der Waals surface area contributed by atoms with Gasteiger partial charge in [0, 0.05) is 23.8 Å². The van der Waals surface area contributed by atoms with E-state index in [1.807, 2.05) is 6.07 Å². The van der Waals surface area contributed by atoms with Crippen LogP contribution >= 0.6 is 0 Å². The zero-order valence-electron chi connectivity index (χ0n) is 11.4. The molecule has 0 aliphatic heterocycles. The number of amides is 1. The number of nitrogens with two attached hydrogens (primary N) is 2. The fourth-order valence-electron chi connectivity index (χ4n) is 1.92. The Kier molecular flexibility index (Phi) is 5.16. The van der Waals surface area contributed by atoms with E-state index in [9.17, 15) is 4.79 Å². The number of nitrogen functional groups attached to an aromatic ring is 1. The molecule has 0 aliphatic rings. The molecule has 18 heavy (non-hydrogen) atoms. The van der Waals surface area contributed by atoms with Crippen LogP contribution in [-0.4, -0.2) is 23.4 Å². The van der Waals surface area contributed by atoms with Crippen molar-refractivity contribution in [2.45, 2.75) is 39.8 Å². The molecule has 0 atom stereocenters. The van der Waals surface area contributed by atoms with Crippen LogP contribution in [0.4, 0.5) is 5.69 Å². The summed E-state index contributed by atoms with van der Waals surface area (Å²) in [5.41, 5.74) is 13.3. The summed E-state index contributed by atoms with van der Waals surface area (Å²) >= 11 is 0. The third kappa shape index (κ3) is 3.74. The number of primary amides is 1. The number of nitrogens with zero attached hydrogens (tertiary/aromatic N) is 1. The van der Waals surface area contributed by atoms with Crippen molar-refractivity contribution >= 4 is 11.6 Å². The number of carbonyl (C=O) groups excluding carboxylic acids is 1. The molecule has 100 valence electrons. The quantitative estimate of drug-likeness (QED) is 0.757. The van der Waals surface area contributed by atoms with Gasteiger partial charge < -0.3 is 11.5 Å². The average molecular weight is 249 g/mol. The van der Waals surface area contributed by atoms with Gasteiger partial charge in [0.1, 0.15) is 0 Å². The summed E-state index contributed by atoms with van der Waals surface area (Å²) in [6.07, 6.45) is 1.11. The maximum atomic E-state index is 11.1. The molecule has 0 unspecified atom stereocenters. The van der Waals surface area contributed by atoms with E-state index in [2.05, 4.69) is 25.7 Å². The molecule has 0 heterocycles. The van der Waals surface area contributed by atoms with E-state index in [4.69, 9.17) is 11.5 Å². The standard InChI is InChI=1S/C14H23N3O/c1-4-7-17(10(2)3)9-12-6-5-11(14(16)18)8-13(12)15/h5-6,8,10H,4,7,9,15H2,1-3H3,(H2,16,18). The summed E-state index contributed by atoms with van der Waals surface area (Å²) in [7, 11) is 0. The van der Waals surface area contributed by atoms with Gasteiger partial charge in [-0.1, -0.05) is 13.0 Å². The largest absolute Gasteiger partial charge is 0.398 e. The second-order valence-corrected chi connectivity index (χ2v) is 4.84. The predicted octanol–water partition coefficient (Wildman–Crippen LogP) is 1.99. The first-order valence-corrected chi connectivity index (χ1v) is 6.38. The maximum absolute atomic E-state index is 11.1. The second-order valence-electron chi connectivity index (χ2n) is 4.84. The van der Waals surface area contributed by atoms with Crippen molar-refractivity contribution < 1.29 is 4.79 Å². The molecular weight excluding hydrogens is 226 g/mol. The fourth-order valence-corrected chi connectivity index (χ4v) is 1.92. The van der Waals surface area contributed by atoms with Crippen LogP contribution in [-0.2, 0) is 6.54 Å². The highest BCUT2D eigenvalue weighted by Gasteiger charge is 2.12. The lowest BCUT2D eigenvalue weighted by atomic mass is 10.1. The van der Waals surface area contributed by atoms with Gasteiger partial charge in [-0.15, -0.1) is 0 Å². The van der Waals surface area contributed by atoms with E-state index >= 15 is 0 Å². The lowest BCUT2D eigenvalue weighted by molar-refractivity contribution is 0.100. The lowest BCUT2D eigenvalue weighted by Crippen LogP contribution is -2.31. The summed E-state index contributed by atoms with van der Waals surface area (Å²) in [6, 6.07) is 5.75. The molecule has 0 radical (unpaired) electrons. The molecule has 0 bridgehead atoms. The Balaban J connectivity index is 2.86. The minimum absolute atomic E-state index is 0.442. The van der Waals surface area contributed by atoms with Crippen molar-refractivity contribution in [2.24, 2.45) is 5.73 Å². The van der Waals surface area contributed by atoms with Gasteiger partial charge >= 0.3 is 0 Å². The van der Waals surface area contributed by atoms with Crippen LogP contribution in [0.15, 0.2) is 18.2 Å². The monoisotopic (exact) mass is 249 g/mol. The molecule has 0 aromatic heterocycles. The van der Waals surface area contributed by atoms with Gasteiger partial charge in [-0.3, -0.25) is 9.69 Å². The zero-order chi connectivity index (χ0) is 13.7. The summed E-state index contributed by atoms with van der Waals surface area (Å²) in [6.45, 7) is 8.34. The Morgan fingerprint density at radius 1 is 1.39 bits per heavy atom. The Hall–Kier alpha value is -1.55. The van der Waals surface area contributed by atoms with Gasteiger partial charge in [-0.25, -0.2) is 0 Å². The third-order valence-electron chi connectivity index (χ3n) is 3.04. The smallest absolute Gasteiger partial charge is 0.248 e. The van der Waals surface area contributed by atoms with Crippen molar-refractivity contribution in [3.05, 3.63) is 29.3 Å². The van der Waals surface area contributed by atoms with Gasteiger partial charge in [0.25, 0.3) is 0 Å². The summed E-state index contributed by atoms with van der Waals surface area (Å²) in [5.74, 6) is -0.442. The van der Waals surface area contributed by atoms with Crippen molar-refractivity contribution in [1.82, 2.24) is 4.90 Å². The average Bonchev–Trinajstić information content (AvgIpc) is 2.30. The summed E-state index contributed by atoms with van der Waals surface area (Å²) in [4.78, 5) is 13.4. The van der Waals surface area contributed by atoms with Crippen molar-refractivity contribution in [3.8, 4) is 0 Å². The Morgan fingerprint density at radius 3 is 2.50 bits per heavy atom. The van der Waals surface area contributed by atoms with Crippen LogP contribution in [0.25, 0.3) is 0 Å². The molecule has 0 saturated carbocycles. The molecule has 1 aromatic rings. The van der Waals surface area contributed by atoms with Gasteiger partial charge in [0.2, 0.25) is 5.91 Å². The van der Waals surface area contributed by atoms with Crippen LogP contribution in [0.1, 0.15) is 43.1 Å². The highest BCUT2D eigenvalue weighted by molar-refractivity contribution is 5.93. The molecule has 0 aliphatic carbocycles. The first-order chi connectivity index (χ1) is 8.45. The number of hydrogen-bond donors (Lipinski definition) is 2. The first kappa shape index (κ1) is 14.5. The molecule has 1 amide bonds. The fraction of sp³-hybridized carbons (Fsp3) is 0.500. The lowest BCUT2D eigenvalue weighted by Gasteiger charge is -2.26. The third-order valence-corrected chi connectivity index (χ3v) is 3.04. The van der Waals surface area contributed by atoms with Gasteiger partial charge in [0.15, 0.2) is 0 Å². The van der Waals surface area contributed by atoms with E-state index in [0.717, 1.165) is 25.1 Å². The van der Waals surface area contributed by atoms with Crippen LogP contribution in [0.2, 0.25) is 0 Å². The van der Waals surface area contributed by atoms with Crippen molar-refractivity contribution in [1.29, 1.82) is 0 Å². The van der Waals surface area contributed by atoms with Crippen molar-refractivity contribution in [2.75, 3.05) is 12.3 Å². The highest BCUT2D eigenvalue weighted by Crippen LogP contribution is 2.17. The molecule has 4 N–H and O–H groups in total. The molecule has 1 aromatic carbocycles. The van der Waals surface area contributed by atoms with E-state index in [1.54, 1.807) is 12.1 Å². The van der Waals surface area contributed by atoms with E-state index in [1.165, 1.54) is 0 Å². The number of carbonyl (C=O) groups is 1. The van der Waals surface area contributed by atoms with Crippen LogP contribution < -0.4 is 11.5 Å². The Morgan fingerprint density at radius 2 is 2.06 bits per heavy atom. The predicted molar refractivity (Wildman–Crippen MR) is 75.2 cm³/mol. The zero-order valence-corrected chi connectivity index (χ0v) is 11.4. The number of hydrogen-bond acceptors (Lipinski definition) is 3. The van der Waals surface area contributed by atoms with Gasteiger partial charge in [0.05, 0.1) is 0 Å². The van der Waals surface area contributed by atoms with E-state index < -0.39 is 5.91 Å². The molecular formula is C14H23N3O. The molecule has 0 fully saturated rings. The van der Waals surface area contributed by atoms with Crippen LogP contribution in [0.5, 0.6) is 0 Å². The SMILES string of the molecule is CCCN(Cc1ccc(C(N)=O)cc1N)C(C)C. The maximum Gasteiger partial charge on any atom is 0.248 e. The number of benzene rings is 1. The topological polar surface area (TPSA) is 72.3 Å². The highest BCUT2D eigenvalue weighted by atomic mass is 16.1.